The number of aromatic nitrogens is 2. The average Bonchev–Trinajstić information content (AvgIpc) is 2.75. The first kappa shape index (κ1) is 20.0. The van der Waals surface area contributed by atoms with Crippen LogP contribution in [0.2, 0.25) is 0 Å². The lowest BCUT2D eigenvalue weighted by Crippen LogP contribution is -2.30. The van der Waals surface area contributed by atoms with Crippen molar-refractivity contribution in [2.45, 2.75) is 38.5 Å². The molecule has 0 spiro atoms. The highest BCUT2D eigenvalue weighted by Gasteiger charge is 2.24. The van der Waals surface area contributed by atoms with Gasteiger partial charge in [-0.25, -0.2) is 13.6 Å². The first-order valence-electron chi connectivity index (χ1n) is 9.97. The van der Waals surface area contributed by atoms with Gasteiger partial charge >= 0.3 is 5.69 Å². The number of aromatic amines is 2. The molecule has 1 aliphatic rings. The second kappa shape index (κ2) is 8.22. The predicted molar refractivity (Wildman–Crippen MR) is 113 cm³/mol. The molecule has 154 valence electrons. The van der Waals surface area contributed by atoms with Crippen LogP contribution in [0.3, 0.4) is 0 Å². The number of halogens is 2. The maximum Gasteiger partial charge on any atom is 0.325 e. The van der Waals surface area contributed by atoms with Gasteiger partial charge < -0.3 is 4.98 Å². The number of allylic oxidation sites excluding steroid dienone is 2. The van der Waals surface area contributed by atoms with E-state index in [9.17, 15) is 18.4 Å². The van der Waals surface area contributed by atoms with Gasteiger partial charge in [0, 0.05) is 29.2 Å². The van der Waals surface area contributed by atoms with Crippen LogP contribution in [-0.4, -0.2) is 9.97 Å². The summed E-state index contributed by atoms with van der Waals surface area (Å²) >= 11 is 0. The lowest BCUT2D eigenvalue weighted by molar-refractivity contribution is 0.499. The topological polar surface area (TPSA) is 65.7 Å². The summed E-state index contributed by atoms with van der Waals surface area (Å²) in [6.07, 6.45) is 3.98. The second-order valence-electron chi connectivity index (χ2n) is 7.72. The maximum absolute atomic E-state index is 14.4. The molecule has 0 fully saturated rings. The molecular formula is C24H22F2N2O2. The van der Waals surface area contributed by atoms with Crippen molar-refractivity contribution in [3.8, 4) is 0 Å². The van der Waals surface area contributed by atoms with Gasteiger partial charge in [-0.2, -0.15) is 0 Å². The Kier molecular flexibility index (Phi) is 5.48. The quantitative estimate of drug-likeness (QED) is 0.663. The summed E-state index contributed by atoms with van der Waals surface area (Å²) in [5.74, 6) is -1.71. The van der Waals surface area contributed by atoms with Crippen molar-refractivity contribution >= 4 is 5.57 Å². The van der Waals surface area contributed by atoms with Gasteiger partial charge in [0.2, 0.25) is 0 Å². The molecule has 0 saturated carbocycles. The fourth-order valence-corrected chi connectivity index (χ4v) is 4.09. The van der Waals surface area contributed by atoms with Crippen LogP contribution in [0.4, 0.5) is 8.78 Å². The summed E-state index contributed by atoms with van der Waals surface area (Å²) in [4.78, 5) is 29.6. The molecule has 1 heterocycles. The third-order valence-electron chi connectivity index (χ3n) is 5.74. The summed E-state index contributed by atoms with van der Waals surface area (Å²) in [6, 6.07) is 12.8. The Balaban J connectivity index is 1.66. The fourth-order valence-electron chi connectivity index (χ4n) is 4.09. The molecule has 0 bridgehead atoms. The number of hydrogen-bond acceptors (Lipinski definition) is 2. The van der Waals surface area contributed by atoms with Gasteiger partial charge in [-0.1, -0.05) is 48.5 Å². The van der Waals surface area contributed by atoms with Crippen molar-refractivity contribution in [3.05, 3.63) is 109 Å². The van der Waals surface area contributed by atoms with Crippen LogP contribution in [0, 0.1) is 18.6 Å². The first-order valence-corrected chi connectivity index (χ1v) is 9.97. The van der Waals surface area contributed by atoms with Crippen LogP contribution in [0.1, 0.15) is 53.1 Å². The normalized spacial score (nSPS) is 16.4. The monoisotopic (exact) mass is 408 g/mol. The van der Waals surface area contributed by atoms with Gasteiger partial charge in [0.15, 0.2) is 11.6 Å². The summed E-state index contributed by atoms with van der Waals surface area (Å²) in [6.45, 7) is 1.53. The lowest BCUT2D eigenvalue weighted by atomic mass is 9.82. The number of rotatable bonds is 4. The molecular weight excluding hydrogens is 386 g/mol. The molecule has 2 N–H and O–H groups in total. The van der Waals surface area contributed by atoms with Gasteiger partial charge in [0.05, 0.1) is 0 Å². The predicted octanol–water partition coefficient (Wildman–Crippen LogP) is 4.59. The number of benzene rings is 2. The van der Waals surface area contributed by atoms with E-state index < -0.39 is 17.3 Å². The van der Waals surface area contributed by atoms with E-state index in [1.165, 1.54) is 6.92 Å². The molecule has 3 aromatic rings. The highest BCUT2D eigenvalue weighted by molar-refractivity contribution is 5.67. The van der Waals surface area contributed by atoms with E-state index in [0.29, 0.717) is 36.9 Å². The molecule has 6 heteroatoms. The molecule has 1 aliphatic carbocycles. The van der Waals surface area contributed by atoms with Crippen LogP contribution in [0.5, 0.6) is 0 Å². The Bertz CT molecular complexity index is 1230. The summed E-state index contributed by atoms with van der Waals surface area (Å²) < 4.78 is 28.3. The number of H-pyrrole nitrogens is 2. The Labute approximate surface area is 172 Å². The Morgan fingerprint density at radius 1 is 1.00 bits per heavy atom. The van der Waals surface area contributed by atoms with E-state index in [-0.39, 0.29) is 22.6 Å². The molecule has 0 radical (unpaired) electrons. The van der Waals surface area contributed by atoms with Crippen LogP contribution < -0.4 is 11.2 Å². The Morgan fingerprint density at radius 2 is 1.77 bits per heavy atom. The highest BCUT2D eigenvalue weighted by atomic mass is 19.2. The first-order chi connectivity index (χ1) is 14.4. The largest absolute Gasteiger partial charge is 0.325 e. The summed E-state index contributed by atoms with van der Waals surface area (Å²) in [5, 5.41) is 0. The van der Waals surface area contributed by atoms with Gasteiger partial charge in [0.25, 0.3) is 5.56 Å². The zero-order valence-electron chi connectivity index (χ0n) is 16.6. The second-order valence-corrected chi connectivity index (χ2v) is 7.72. The van der Waals surface area contributed by atoms with Crippen molar-refractivity contribution in [2.75, 3.05) is 0 Å². The molecule has 1 atom stereocenters. The van der Waals surface area contributed by atoms with E-state index in [1.54, 1.807) is 12.1 Å². The molecule has 1 aromatic heterocycles. The van der Waals surface area contributed by atoms with E-state index in [0.717, 1.165) is 11.1 Å². The van der Waals surface area contributed by atoms with Crippen molar-refractivity contribution in [3.63, 3.8) is 0 Å². The molecule has 0 amide bonds. The Hall–Kier alpha value is -3.28. The van der Waals surface area contributed by atoms with Crippen LogP contribution in [-0.2, 0) is 6.42 Å². The van der Waals surface area contributed by atoms with E-state index >= 15 is 0 Å². The van der Waals surface area contributed by atoms with Crippen molar-refractivity contribution in [1.29, 1.82) is 0 Å². The minimum Gasteiger partial charge on any atom is -0.311 e. The van der Waals surface area contributed by atoms with Gasteiger partial charge in [-0.3, -0.25) is 9.78 Å². The molecule has 2 aromatic carbocycles. The van der Waals surface area contributed by atoms with E-state index in [1.807, 2.05) is 36.4 Å². The zero-order chi connectivity index (χ0) is 21.3. The van der Waals surface area contributed by atoms with Crippen LogP contribution >= 0.6 is 0 Å². The van der Waals surface area contributed by atoms with E-state index in [4.69, 9.17) is 0 Å². The summed E-state index contributed by atoms with van der Waals surface area (Å²) in [7, 11) is 0. The fraction of sp³-hybridized carbons (Fsp3) is 0.250. The van der Waals surface area contributed by atoms with Crippen molar-refractivity contribution in [1.82, 2.24) is 9.97 Å². The minimum absolute atomic E-state index is 0.0687. The summed E-state index contributed by atoms with van der Waals surface area (Å²) in [5.41, 5.74) is 2.51. The van der Waals surface area contributed by atoms with Crippen LogP contribution in [0.15, 0.2) is 58.1 Å². The standard InChI is InChI=1S/C24H22F2N2O2/c1-14-7-12-18(21(26)20(14)25)16-8-10-17(11-9-16)22-19(23(29)28-24(30)27-22)13-15-5-3-2-4-6-15/h2-8,12,17H,9-11,13H2,1H3,(H2,27,28,29,30). The molecule has 1 unspecified atom stereocenters. The molecule has 0 aliphatic heterocycles. The Morgan fingerprint density at radius 3 is 2.47 bits per heavy atom. The molecule has 4 rings (SSSR count). The molecule has 4 nitrogen and oxygen atoms in total. The third-order valence-corrected chi connectivity index (χ3v) is 5.74. The number of nitrogens with one attached hydrogen (secondary N) is 2. The molecule has 0 saturated heterocycles. The number of hydrogen-bond donors (Lipinski definition) is 2. The maximum atomic E-state index is 14.4. The van der Waals surface area contributed by atoms with Crippen molar-refractivity contribution < 1.29 is 8.78 Å². The average molecular weight is 408 g/mol. The smallest absolute Gasteiger partial charge is 0.311 e. The van der Waals surface area contributed by atoms with Crippen molar-refractivity contribution in [2.24, 2.45) is 0 Å². The van der Waals surface area contributed by atoms with Gasteiger partial charge in [0.1, 0.15) is 0 Å². The van der Waals surface area contributed by atoms with Gasteiger partial charge in [-0.05, 0) is 42.9 Å². The zero-order valence-corrected chi connectivity index (χ0v) is 16.6. The van der Waals surface area contributed by atoms with E-state index in [2.05, 4.69) is 9.97 Å². The number of aryl methyl sites for hydroxylation is 1. The van der Waals surface area contributed by atoms with Gasteiger partial charge in [-0.15, -0.1) is 0 Å². The van der Waals surface area contributed by atoms with Crippen LogP contribution in [0.25, 0.3) is 5.57 Å². The highest BCUT2D eigenvalue weighted by Crippen LogP contribution is 2.37. The minimum atomic E-state index is -0.825. The lowest BCUT2D eigenvalue weighted by Gasteiger charge is -2.24. The molecule has 30 heavy (non-hydrogen) atoms. The third kappa shape index (κ3) is 3.90. The SMILES string of the molecule is Cc1ccc(C2=CCC(c3[nH]c(=O)[nH]c(=O)c3Cc3ccccc3)CC2)c(F)c1F.